The quantitative estimate of drug-likeness (QED) is 0.845. The minimum atomic E-state index is -1.44. The van der Waals surface area contributed by atoms with Crippen LogP contribution >= 0.6 is 0 Å². The average molecular weight is 283 g/mol. The summed E-state index contributed by atoms with van der Waals surface area (Å²) in [6, 6.07) is 11.7. The highest BCUT2D eigenvalue weighted by molar-refractivity contribution is 6.10. The van der Waals surface area contributed by atoms with Gasteiger partial charge in [-0.1, -0.05) is 24.3 Å². The molecule has 6 heteroatoms. The fourth-order valence-electron chi connectivity index (χ4n) is 1.81. The molecule has 0 heterocycles. The smallest absolute Gasteiger partial charge is 0.256 e. The third-order valence-electron chi connectivity index (χ3n) is 2.80. The molecule has 0 fully saturated rings. The SMILES string of the molecule is NC(=O)c1cccc(NC(=O)c2ccccc2C(=O)[O-])c1. The first-order chi connectivity index (χ1) is 9.99. The lowest BCUT2D eigenvalue weighted by molar-refractivity contribution is -0.255. The average Bonchev–Trinajstić information content (AvgIpc) is 2.47. The first-order valence-corrected chi connectivity index (χ1v) is 6.00. The van der Waals surface area contributed by atoms with Crippen LogP contribution in [0.3, 0.4) is 0 Å². The maximum Gasteiger partial charge on any atom is 0.256 e. The summed E-state index contributed by atoms with van der Waals surface area (Å²) >= 11 is 0. The third kappa shape index (κ3) is 3.24. The van der Waals surface area contributed by atoms with Gasteiger partial charge >= 0.3 is 0 Å². The molecule has 0 unspecified atom stereocenters. The lowest BCUT2D eigenvalue weighted by atomic mass is 10.1. The van der Waals surface area contributed by atoms with E-state index in [1.54, 1.807) is 18.2 Å². The zero-order valence-corrected chi connectivity index (χ0v) is 10.8. The van der Waals surface area contributed by atoms with E-state index in [1.807, 2.05) is 0 Å². The van der Waals surface area contributed by atoms with Gasteiger partial charge in [0.25, 0.3) is 5.91 Å². The topological polar surface area (TPSA) is 112 Å². The van der Waals surface area contributed by atoms with E-state index in [-0.39, 0.29) is 16.7 Å². The Morgan fingerprint density at radius 1 is 0.952 bits per heavy atom. The number of amides is 2. The summed E-state index contributed by atoms with van der Waals surface area (Å²) < 4.78 is 0. The summed E-state index contributed by atoms with van der Waals surface area (Å²) in [5.41, 5.74) is 5.49. The highest BCUT2D eigenvalue weighted by Crippen LogP contribution is 2.14. The van der Waals surface area contributed by atoms with Crippen molar-refractivity contribution in [2.45, 2.75) is 0 Å². The summed E-state index contributed by atoms with van der Waals surface area (Å²) in [6.45, 7) is 0. The van der Waals surface area contributed by atoms with Gasteiger partial charge in [0.15, 0.2) is 0 Å². The number of hydrogen-bond donors (Lipinski definition) is 2. The molecule has 6 nitrogen and oxygen atoms in total. The number of benzene rings is 2. The normalized spacial score (nSPS) is 9.90. The molecule has 0 aliphatic rings. The van der Waals surface area contributed by atoms with Gasteiger partial charge in [-0.15, -0.1) is 0 Å². The fraction of sp³-hybridized carbons (Fsp3) is 0. The van der Waals surface area contributed by atoms with E-state index in [1.165, 1.54) is 30.3 Å². The van der Waals surface area contributed by atoms with Crippen LogP contribution in [0.2, 0.25) is 0 Å². The van der Waals surface area contributed by atoms with Gasteiger partial charge in [-0.2, -0.15) is 0 Å². The van der Waals surface area contributed by atoms with Crippen molar-refractivity contribution < 1.29 is 19.5 Å². The number of hydrogen-bond acceptors (Lipinski definition) is 4. The Kier molecular flexibility index (Phi) is 3.99. The first kappa shape index (κ1) is 14.3. The van der Waals surface area contributed by atoms with Gasteiger partial charge < -0.3 is 21.0 Å². The number of carboxylic acid groups (broad SMARTS) is 1. The van der Waals surface area contributed by atoms with Gasteiger partial charge in [0.1, 0.15) is 0 Å². The van der Waals surface area contributed by atoms with E-state index in [4.69, 9.17) is 5.73 Å². The van der Waals surface area contributed by atoms with Gasteiger partial charge in [0.2, 0.25) is 5.91 Å². The summed E-state index contributed by atoms with van der Waals surface area (Å²) in [5.74, 6) is -2.68. The number of nitrogens with two attached hydrogens (primary N) is 1. The van der Waals surface area contributed by atoms with Crippen LogP contribution in [-0.4, -0.2) is 17.8 Å². The Bertz CT molecular complexity index is 725. The molecule has 0 saturated carbocycles. The molecule has 0 aliphatic carbocycles. The first-order valence-electron chi connectivity index (χ1n) is 6.00. The van der Waals surface area contributed by atoms with Gasteiger partial charge in [-0.3, -0.25) is 9.59 Å². The fourth-order valence-corrected chi connectivity index (χ4v) is 1.81. The molecule has 2 aromatic carbocycles. The Balaban J connectivity index is 2.28. The van der Waals surface area contributed by atoms with Gasteiger partial charge in [0, 0.05) is 22.4 Å². The van der Waals surface area contributed by atoms with Gasteiger partial charge in [-0.25, -0.2) is 0 Å². The molecular formula is C15H11N2O4-. The number of rotatable bonds is 4. The minimum absolute atomic E-state index is 0.0259. The van der Waals surface area contributed by atoms with Crippen molar-refractivity contribution in [2.75, 3.05) is 5.32 Å². The zero-order chi connectivity index (χ0) is 15.4. The number of carbonyl (C=O) groups is 3. The van der Waals surface area contributed by atoms with Crippen LogP contribution in [0.4, 0.5) is 5.69 Å². The molecule has 0 saturated heterocycles. The molecule has 21 heavy (non-hydrogen) atoms. The van der Waals surface area contributed by atoms with Crippen LogP contribution in [-0.2, 0) is 0 Å². The largest absolute Gasteiger partial charge is 0.545 e. The second-order valence-corrected chi connectivity index (χ2v) is 4.23. The number of primary amides is 1. The van der Waals surface area contributed by atoms with E-state index >= 15 is 0 Å². The molecule has 2 aromatic rings. The molecule has 0 radical (unpaired) electrons. The number of nitrogens with one attached hydrogen (secondary N) is 1. The van der Waals surface area contributed by atoms with Crippen molar-refractivity contribution in [1.29, 1.82) is 0 Å². The highest BCUT2D eigenvalue weighted by Gasteiger charge is 2.12. The molecule has 0 bridgehead atoms. The molecule has 0 aliphatic heterocycles. The van der Waals surface area contributed by atoms with Crippen LogP contribution in [0.15, 0.2) is 48.5 Å². The van der Waals surface area contributed by atoms with E-state index in [0.29, 0.717) is 5.69 Å². The molecule has 2 rings (SSSR count). The van der Waals surface area contributed by atoms with Crippen molar-refractivity contribution in [3.8, 4) is 0 Å². The molecule has 2 amide bonds. The maximum atomic E-state index is 12.1. The lowest BCUT2D eigenvalue weighted by Gasteiger charge is -2.11. The van der Waals surface area contributed by atoms with Crippen LogP contribution in [0.5, 0.6) is 0 Å². The minimum Gasteiger partial charge on any atom is -0.545 e. The van der Waals surface area contributed by atoms with Crippen molar-refractivity contribution >= 4 is 23.5 Å². The summed E-state index contributed by atoms with van der Waals surface area (Å²) in [7, 11) is 0. The molecular weight excluding hydrogens is 272 g/mol. The number of carbonyl (C=O) groups excluding carboxylic acids is 3. The van der Waals surface area contributed by atoms with E-state index in [0.717, 1.165) is 0 Å². The molecule has 106 valence electrons. The van der Waals surface area contributed by atoms with Gasteiger partial charge in [0.05, 0.1) is 5.97 Å². The van der Waals surface area contributed by atoms with Crippen LogP contribution in [0, 0.1) is 0 Å². The lowest BCUT2D eigenvalue weighted by Crippen LogP contribution is -2.26. The third-order valence-corrected chi connectivity index (χ3v) is 2.80. The summed E-state index contributed by atoms with van der Waals surface area (Å²) in [4.78, 5) is 34.1. The van der Waals surface area contributed by atoms with Crippen molar-refractivity contribution in [1.82, 2.24) is 0 Å². The van der Waals surface area contributed by atoms with E-state index in [9.17, 15) is 19.5 Å². The second kappa shape index (κ2) is 5.87. The second-order valence-electron chi connectivity index (χ2n) is 4.23. The maximum absolute atomic E-state index is 12.1. The Hall–Kier alpha value is -3.15. The monoisotopic (exact) mass is 283 g/mol. The molecule has 0 atom stereocenters. The van der Waals surface area contributed by atoms with Gasteiger partial charge in [-0.05, 0) is 24.3 Å². The van der Waals surface area contributed by atoms with E-state index in [2.05, 4.69) is 5.32 Å². The summed E-state index contributed by atoms with van der Waals surface area (Å²) in [6.07, 6.45) is 0. The van der Waals surface area contributed by atoms with Crippen molar-refractivity contribution in [3.05, 3.63) is 65.2 Å². The van der Waals surface area contributed by atoms with E-state index < -0.39 is 17.8 Å². The number of aromatic carboxylic acids is 1. The highest BCUT2D eigenvalue weighted by atomic mass is 16.4. The standard InChI is InChI=1S/C15H12N2O4/c16-13(18)9-4-3-5-10(8-9)17-14(19)11-6-1-2-7-12(11)15(20)21/h1-8H,(H2,16,18)(H,17,19)(H,20,21)/p-1. The predicted octanol–water partition coefficient (Wildman–Crippen LogP) is 0.401. The molecule has 3 N–H and O–H groups in total. The molecule has 0 aromatic heterocycles. The Labute approximate surface area is 120 Å². The summed E-state index contributed by atoms with van der Waals surface area (Å²) in [5, 5.41) is 13.5. The Morgan fingerprint density at radius 3 is 2.24 bits per heavy atom. The predicted molar refractivity (Wildman–Crippen MR) is 73.7 cm³/mol. The molecule has 0 spiro atoms. The van der Waals surface area contributed by atoms with Crippen LogP contribution in [0.25, 0.3) is 0 Å². The number of carboxylic acids is 1. The number of anilines is 1. The zero-order valence-electron chi connectivity index (χ0n) is 10.8. The van der Waals surface area contributed by atoms with Crippen molar-refractivity contribution in [2.24, 2.45) is 5.73 Å². The Morgan fingerprint density at radius 2 is 1.62 bits per heavy atom. The van der Waals surface area contributed by atoms with Crippen molar-refractivity contribution in [3.63, 3.8) is 0 Å². The van der Waals surface area contributed by atoms with Crippen LogP contribution in [0.1, 0.15) is 31.1 Å². The van der Waals surface area contributed by atoms with Crippen LogP contribution < -0.4 is 16.2 Å².